The van der Waals surface area contributed by atoms with Crippen molar-refractivity contribution in [1.82, 2.24) is 9.97 Å². The zero-order valence-corrected chi connectivity index (χ0v) is 14.2. The maximum atomic E-state index is 9.89. The first kappa shape index (κ1) is 16.5. The van der Waals surface area contributed by atoms with Gasteiger partial charge in [0.1, 0.15) is 16.8 Å². The Hall–Kier alpha value is -0.870. The molecule has 1 aromatic rings. The highest BCUT2D eigenvalue weighted by Gasteiger charge is 2.34. The Morgan fingerprint density at radius 3 is 2.48 bits per heavy atom. The van der Waals surface area contributed by atoms with Crippen LogP contribution in [0.4, 0.5) is 5.82 Å². The van der Waals surface area contributed by atoms with E-state index in [2.05, 4.69) is 36.1 Å². The summed E-state index contributed by atoms with van der Waals surface area (Å²) in [5.74, 6) is 2.46. The molecule has 4 nitrogen and oxygen atoms in total. The van der Waals surface area contributed by atoms with E-state index in [0.717, 1.165) is 48.8 Å². The highest BCUT2D eigenvalue weighted by Crippen LogP contribution is 2.35. The molecule has 2 N–H and O–H groups in total. The van der Waals surface area contributed by atoms with Crippen molar-refractivity contribution in [2.45, 2.75) is 64.8 Å². The molecule has 5 heteroatoms. The molecule has 0 aliphatic heterocycles. The summed E-state index contributed by atoms with van der Waals surface area (Å²) in [6.45, 7) is 8.41. The monoisotopic (exact) mass is 311 g/mol. The van der Waals surface area contributed by atoms with E-state index in [9.17, 15) is 5.11 Å². The molecule has 0 radical (unpaired) electrons. The second kappa shape index (κ2) is 6.49. The average Bonchev–Trinajstić information content (AvgIpc) is 2.46. The highest BCUT2D eigenvalue weighted by atomic mass is 35.5. The number of rotatable bonds is 4. The maximum absolute atomic E-state index is 9.89. The molecule has 1 fully saturated rings. The van der Waals surface area contributed by atoms with Gasteiger partial charge in [0.05, 0.1) is 12.1 Å². The molecule has 0 bridgehead atoms. The van der Waals surface area contributed by atoms with Gasteiger partial charge in [-0.1, -0.05) is 32.4 Å². The third-order valence-electron chi connectivity index (χ3n) is 4.54. The number of anilines is 1. The lowest BCUT2D eigenvalue weighted by atomic mass is 9.77. The molecular weight excluding hydrogens is 286 g/mol. The summed E-state index contributed by atoms with van der Waals surface area (Å²) in [7, 11) is 0. The molecule has 1 aromatic heterocycles. The van der Waals surface area contributed by atoms with Gasteiger partial charge in [-0.25, -0.2) is 9.97 Å². The third kappa shape index (κ3) is 3.67. The molecule has 1 aliphatic rings. The SMILES string of the molecule is Cc1c(Cl)nc(C(C)C)nc1NC1(CO)CCC(C)CC1. The van der Waals surface area contributed by atoms with Crippen molar-refractivity contribution in [2.24, 2.45) is 5.92 Å². The fourth-order valence-corrected chi connectivity index (χ4v) is 2.95. The fourth-order valence-electron chi connectivity index (χ4n) is 2.77. The van der Waals surface area contributed by atoms with Crippen LogP contribution in [-0.2, 0) is 0 Å². The van der Waals surface area contributed by atoms with Gasteiger partial charge in [-0.2, -0.15) is 0 Å². The molecule has 0 amide bonds. The largest absolute Gasteiger partial charge is 0.394 e. The molecule has 0 spiro atoms. The van der Waals surface area contributed by atoms with Crippen molar-refractivity contribution in [3.8, 4) is 0 Å². The summed E-state index contributed by atoms with van der Waals surface area (Å²) in [4.78, 5) is 8.96. The van der Waals surface area contributed by atoms with Crippen LogP contribution in [0.15, 0.2) is 0 Å². The third-order valence-corrected chi connectivity index (χ3v) is 4.91. The van der Waals surface area contributed by atoms with E-state index in [4.69, 9.17) is 11.6 Å². The van der Waals surface area contributed by atoms with Gasteiger partial charge < -0.3 is 10.4 Å². The number of nitrogens with one attached hydrogen (secondary N) is 1. The second-order valence-corrected chi connectivity index (χ2v) is 7.10. The zero-order chi connectivity index (χ0) is 15.6. The maximum Gasteiger partial charge on any atom is 0.137 e. The first-order valence-electron chi connectivity index (χ1n) is 7.80. The predicted molar refractivity (Wildman–Crippen MR) is 86.9 cm³/mol. The minimum absolute atomic E-state index is 0.123. The normalized spacial score (nSPS) is 26.1. The number of nitrogens with zero attached hydrogens (tertiary/aromatic N) is 2. The number of hydrogen-bond donors (Lipinski definition) is 2. The Bertz CT molecular complexity index is 497. The summed E-state index contributed by atoms with van der Waals surface area (Å²) in [5, 5.41) is 13.9. The van der Waals surface area contributed by atoms with Crippen LogP contribution in [0, 0.1) is 12.8 Å². The number of aliphatic hydroxyl groups excluding tert-OH is 1. The average molecular weight is 312 g/mol. The van der Waals surface area contributed by atoms with E-state index >= 15 is 0 Å². The van der Waals surface area contributed by atoms with Crippen molar-refractivity contribution in [2.75, 3.05) is 11.9 Å². The molecule has 1 saturated carbocycles. The van der Waals surface area contributed by atoms with E-state index in [1.54, 1.807) is 0 Å². The molecule has 0 aromatic carbocycles. The topological polar surface area (TPSA) is 58.0 Å². The molecular formula is C16H26ClN3O. The molecule has 21 heavy (non-hydrogen) atoms. The van der Waals surface area contributed by atoms with Gasteiger partial charge in [-0.3, -0.25) is 0 Å². The first-order chi connectivity index (χ1) is 9.87. The van der Waals surface area contributed by atoms with Crippen LogP contribution in [0.5, 0.6) is 0 Å². The Labute approximate surface area is 132 Å². The Morgan fingerprint density at radius 1 is 1.33 bits per heavy atom. The van der Waals surface area contributed by atoms with Crippen LogP contribution in [0.25, 0.3) is 0 Å². The van der Waals surface area contributed by atoms with Crippen LogP contribution in [0.2, 0.25) is 5.15 Å². The molecule has 118 valence electrons. The molecule has 2 rings (SSSR count). The van der Waals surface area contributed by atoms with Gasteiger partial charge >= 0.3 is 0 Å². The van der Waals surface area contributed by atoms with Crippen molar-refractivity contribution >= 4 is 17.4 Å². The minimum Gasteiger partial charge on any atom is -0.394 e. The van der Waals surface area contributed by atoms with E-state index in [1.807, 2.05) is 6.92 Å². The lowest BCUT2D eigenvalue weighted by molar-refractivity contribution is 0.155. The summed E-state index contributed by atoms with van der Waals surface area (Å²) in [6.07, 6.45) is 4.18. The first-order valence-corrected chi connectivity index (χ1v) is 8.18. The molecule has 0 saturated heterocycles. The van der Waals surface area contributed by atoms with Crippen LogP contribution in [-0.4, -0.2) is 27.2 Å². The van der Waals surface area contributed by atoms with Gasteiger partial charge in [0.2, 0.25) is 0 Å². The molecule has 1 heterocycles. The van der Waals surface area contributed by atoms with Gasteiger partial charge in [-0.05, 0) is 38.5 Å². The molecule has 0 atom stereocenters. The number of halogens is 1. The van der Waals surface area contributed by atoms with Crippen molar-refractivity contribution in [3.05, 3.63) is 16.5 Å². The Morgan fingerprint density at radius 2 is 1.95 bits per heavy atom. The predicted octanol–water partition coefficient (Wildman–Crippen LogP) is 3.91. The van der Waals surface area contributed by atoms with Gasteiger partial charge in [0.15, 0.2) is 0 Å². The van der Waals surface area contributed by atoms with Crippen LogP contribution < -0.4 is 5.32 Å². The van der Waals surface area contributed by atoms with Crippen molar-refractivity contribution < 1.29 is 5.11 Å². The standard InChI is InChI=1S/C16H26ClN3O/c1-10(2)14-18-13(17)12(4)15(19-14)20-16(9-21)7-5-11(3)6-8-16/h10-11,21H,5-9H2,1-4H3,(H,18,19,20). The molecule has 1 aliphatic carbocycles. The van der Waals surface area contributed by atoms with Crippen LogP contribution in [0.3, 0.4) is 0 Å². The lowest BCUT2D eigenvalue weighted by Gasteiger charge is -2.39. The highest BCUT2D eigenvalue weighted by molar-refractivity contribution is 6.30. The zero-order valence-electron chi connectivity index (χ0n) is 13.4. The van der Waals surface area contributed by atoms with E-state index in [1.165, 1.54) is 0 Å². The quantitative estimate of drug-likeness (QED) is 0.828. The van der Waals surface area contributed by atoms with E-state index in [-0.39, 0.29) is 18.1 Å². The molecule has 0 unspecified atom stereocenters. The number of hydrogen-bond acceptors (Lipinski definition) is 4. The van der Waals surface area contributed by atoms with E-state index in [0.29, 0.717) is 5.15 Å². The summed E-state index contributed by atoms with van der Waals surface area (Å²) < 4.78 is 0. The Kier molecular flexibility index (Phi) is 5.10. The van der Waals surface area contributed by atoms with E-state index < -0.39 is 0 Å². The minimum atomic E-state index is -0.275. The van der Waals surface area contributed by atoms with Gasteiger partial charge in [-0.15, -0.1) is 0 Å². The number of aromatic nitrogens is 2. The summed E-state index contributed by atoms with van der Waals surface area (Å²) in [5.41, 5.74) is 0.580. The van der Waals surface area contributed by atoms with Crippen LogP contribution >= 0.6 is 11.6 Å². The van der Waals surface area contributed by atoms with Crippen molar-refractivity contribution in [1.29, 1.82) is 0 Å². The van der Waals surface area contributed by atoms with Gasteiger partial charge in [0.25, 0.3) is 0 Å². The summed E-state index contributed by atoms with van der Waals surface area (Å²) in [6, 6.07) is 0. The van der Waals surface area contributed by atoms with Crippen LogP contribution in [0.1, 0.15) is 63.8 Å². The smallest absolute Gasteiger partial charge is 0.137 e. The summed E-state index contributed by atoms with van der Waals surface area (Å²) >= 11 is 6.24. The second-order valence-electron chi connectivity index (χ2n) is 6.75. The number of aliphatic hydroxyl groups is 1. The van der Waals surface area contributed by atoms with Gasteiger partial charge in [0, 0.05) is 11.5 Å². The fraction of sp³-hybridized carbons (Fsp3) is 0.750. The lowest BCUT2D eigenvalue weighted by Crippen LogP contribution is -2.45. The Balaban J connectivity index is 2.29. The van der Waals surface area contributed by atoms with Crippen molar-refractivity contribution in [3.63, 3.8) is 0 Å².